The number of ether oxygens (including phenoxy) is 2. The van der Waals surface area contributed by atoms with Crippen LogP contribution in [0.1, 0.15) is 38.8 Å². The minimum atomic E-state index is 0.181. The van der Waals surface area contributed by atoms with Crippen molar-refractivity contribution in [2.75, 3.05) is 26.9 Å². The summed E-state index contributed by atoms with van der Waals surface area (Å²) in [5.74, 6) is 0.971. The molecule has 114 valence electrons. The van der Waals surface area contributed by atoms with Gasteiger partial charge in [0.05, 0.1) is 6.61 Å². The average Bonchev–Trinajstić information content (AvgIpc) is 2.35. The molecule has 1 unspecified atom stereocenters. The summed E-state index contributed by atoms with van der Waals surface area (Å²) in [6.07, 6.45) is 0. The lowest BCUT2D eigenvalue weighted by molar-refractivity contribution is 0.169. The number of nitrogens with one attached hydrogen (secondary N) is 1. The zero-order valence-electron chi connectivity index (χ0n) is 13.7. The third-order valence-corrected chi connectivity index (χ3v) is 3.31. The Hall–Kier alpha value is -1.06. The minimum Gasteiger partial charge on any atom is -0.492 e. The molecule has 0 fully saturated rings. The van der Waals surface area contributed by atoms with E-state index in [2.05, 4.69) is 58.1 Å². The Bertz CT molecular complexity index is 410. The van der Waals surface area contributed by atoms with Crippen molar-refractivity contribution in [2.24, 2.45) is 0 Å². The lowest BCUT2D eigenvalue weighted by atomic mass is 9.86. The first-order chi connectivity index (χ1) is 9.34. The summed E-state index contributed by atoms with van der Waals surface area (Å²) in [7, 11) is 1.72. The number of rotatable bonds is 7. The molecule has 20 heavy (non-hydrogen) atoms. The van der Waals surface area contributed by atoms with E-state index in [1.165, 1.54) is 11.1 Å². The van der Waals surface area contributed by atoms with Crippen molar-refractivity contribution in [1.29, 1.82) is 0 Å². The fraction of sp³-hybridized carbons (Fsp3) is 0.647. The molecule has 0 aromatic heterocycles. The fourth-order valence-corrected chi connectivity index (χ4v) is 2.05. The Morgan fingerprint density at radius 1 is 1.25 bits per heavy atom. The third-order valence-electron chi connectivity index (χ3n) is 3.31. The van der Waals surface area contributed by atoms with Gasteiger partial charge in [-0.1, -0.05) is 32.9 Å². The summed E-state index contributed by atoms with van der Waals surface area (Å²) < 4.78 is 10.9. The third kappa shape index (κ3) is 5.51. The Morgan fingerprint density at radius 2 is 1.95 bits per heavy atom. The molecule has 1 rings (SSSR count). The molecule has 0 aliphatic heterocycles. The van der Waals surface area contributed by atoms with Crippen molar-refractivity contribution >= 4 is 0 Å². The number of methoxy groups -OCH3 is 1. The second-order valence-electron chi connectivity index (χ2n) is 6.39. The molecule has 1 aromatic carbocycles. The van der Waals surface area contributed by atoms with Crippen LogP contribution >= 0.6 is 0 Å². The first kappa shape index (κ1) is 17.0. The molecule has 0 radical (unpaired) electrons. The van der Waals surface area contributed by atoms with E-state index < -0.39 is 0 Å². The fourth-order valence-electron chi connectivity index (χ4n) is 2.05. The maximum atomic E-state index is 5.83. The molecule has 0 saturated heterocycles. The van der Waals surface area contributed by atoms with Gasteiger partial charge in [-0.25, -0.2) is 0 Å². The maximum absolute atomic E-state index is 5.83. The smallest absolute Gasteiger partial charge is 0.122 e. The molecule has 0 heterocycles. The Morgan fingerprint density at radius 3 is 2.50 bits per heavy atom. The van der Waals surface area contributed by atoms with E-state index >= 15 is 0 Å². The van der Waals surface area contributed by atoms with Crippen LogP contribution < -0.4 is 10.1 Å². The molecule has 0 aliphatic rings. The van der Waals surface area contributed by atoms with Crippen molar-refractivity contribution < 1.29 is 9.47 Å². The van der Waals surface area contributed by atoms with Gasteiger partial charge in [0.2, 0.25) is 0 Å². The van der Waals surface area contributed by atoms with E-state index in [4.69, 9.17) is 9.47 Å². The molecule has 1 N–H and O–H groups in total. The highest BCUT2D eigenvalue weighted by Gasteiger charge is 2.14. The van der Waals surface area contributed by atoms with Crippen molar-refractivity contribution in [1.82, 2.24) is 5.32 Å². The standard InChI is InChI=1S/C17H29NO2/c1-13-11-15(17(3,4)5)7-8-16(13)20-10-9-18-14(2)12-19-6/h7-8,11,14,18H,9-10,12H2,1-6H3. The van der Waals surface area contributed by atoms with Gasteiger partial charge < -0.3 is 14.8 Å². The minimum absolute atomic E-state index is 0.181. The average molecular weight is 279 g/mol. The lowest BCUT2D eigenvalue weighted by Crippen LogP contribution is -2.33. The molecular formula is C17H29NO2. The van der Waals surface area contributed by atoms with Crippen molar-refractivity contribution in [3.8, 4) is 5.75 Å². The van der Waals surface area contributed by atoms with Crippen molar-refractivity contribution in [2.45, 2.75) is 46.1 Å². The highest BCUT2D eigenvalue weighted by molar-refractivity contribution is 5.38. The number of hydrogen-bond acceptors (Lipinski definition) is 3. The summed E-state index contributed by atoms with van der Waals surface area (Å²) in [5, 5.41) is 3.36. The van der Waals surface area contributed by atoms with E-state index in [1.807, 2.05) is 0 Å². The predicted octanol–water partition coefficient (Wildman–Crippen LogP) is 3.30. The van der Waals surface area contributed by atoms with Crippen LogP contribution in [0.15, 0.2) is 18.2 Å². The molecule has 0 saturated carbocycles. The van der Waals surface area contributed by atoms with Gasteiger partial charge >= 0.3 is 0 Å². The molecule has 3 nitrogen and oxygen atoms in total. The zero-order chi connectivity index (χ0) is 15.2. The summed E-state index contributed by atoms with van der Waals surface area (Å²) >= 11 is 0. The molecule has 1 atom stereocenters. The Labute approximate surface area is 123 Å². The van der Waals surface area contributed by atoms with Crippen LogP contribution in [0.4, 0.5) is 0 Å². The van der Waals surface area contributed by atoms with Crippen LogP contribution in [0.2, 0.25) is 0 Å². The Balaban J connectivity index is 2.45. The molecule has 0 spiro atoms. The van der Waals surface area contributed by atoms with Gasteiger partial charge in [0, 0.05) is 19.7 Å². The Kier molecular flexibility index (Phi) is 6.50. The van der Waals surface area contributed by atoms with Gasteiger partial charge in [-0.15, -0.1) is 0 Å². The molecule has 3 heteroatoms. The molecule has 0 aliphatic carbocycles. The number of aryl methyl sites for hydroxylation is 1. The highest BCUT2D eigenvalue weighted by atomic mass is 16.5. The first-order valence-corrected chi connectivity index (χ1v) is 7.31. The predicted molar refractivity (Wildman–Crippen MR) is 84.7 cm³/mol. The SMILES string of the molecule is COCC(C)NCCOc1ccc(C(C)(C)C)cc1C. The number of hydrogen-bond donors (Lipinski definition) is 1. The van der Waals surface area contributed by atoms with Gasteiger partial charge in [-0.2, -0.15) is 0 Å². The quantitative estimate of drug-likeness (QED) is 0.777. The van der Waals surface area contributed by atoms with Crippen LogP contribution in [0.25, 0.3) is 0 Å². The summed E-state index contributed by atoms with van der Waals surface area (Å²) in [5.41, 5.74) is 2.72. The van der Waals surface area contributed by atoms with Crippen LogP contribution in [0.3, 0.4) is 0 Å². The molecule has 0 amide bonds. The van der Waals surface area contributed by atoms with Gasteiger partial charge in [0.25, 0.3) is 0 Å². The summed E-state index contributed by atoms with van der Waals surface area (Å²) in [4.78, 5) is 0. The van der Waals surface area contributed by atoms with Gasteiger partial charge in [0.15, 0.2) is 0 Å². The molecular weight excluding hydrogens is 250 g/mol. The highest BCUT2D eigenvalue weighted by Crippen LogP contribution is 2.27. The second-order valence-corrected chi connectivity index (χ2v) is 6.39. The van der Waals surface area contributed by atoms with E-state index in [1.54, 1.807) is 7.11 Å². The van der Waals surface area contributed by atoms with Crippen LogP contribution in [-0.2, 0) is 10.2 Å². The molecule has 0 bridgehead atoms. The van der Waals surface area contributed by atoms with E-state index in [-0.39, 0.29) is 5.41 Å². The lowest BCUT2D eigenvalue weighted by Gasteiger charge is -2.21. The van der Waals surface area contributed by atoms with Gasteiger partial charge in [-0.3, -0.25) is 0 Å². The normalized spacial score (nSPS) is 13.3. The van der Waals surface area contributed by atoms with Crippen molar-refractivity contribution in [3.05, 3.63) is 29.3 Å². The van der Waals surface area contributed by atoms with Gasteiger partial charge in [0.1, 0.15) is 12.4 Å². The zero-order valence-corrected chi connectivity index (χ0v) is 13.7. The summed E-state index contributed by atoms with van der Waals surface area (Å²) in [6, 6.07) is 6.81. The maximum Gasteiger partial charge on any atom is 0.122 e. The number of benzene rings is 1. The van der Waals surface area contributed by atoms with E-state index in [0.29, 0.717) is 12.6 Å². The first-order valence-electron chi connectivity index (χ1n) is 7.31. The molecule has 1 aromatic rings. The summed E-state index contributed by atoms with van der Waals surface area (Å²) in [6.45, 7) is 13.1. The monoisotopic (exact) mass is 279 g/mol. The van der Waals surface area contributed by atoms with E-state index in [0.717, 1.165) is 18.9 Å². The largest absolute Gasteiger partial charge is 0.492 e. The van der Waals surface area contributed by atoms with Crippen LogP contribution in [0.5, 0.6) is 5.75 Å². The topological polar surface area (TPSA) is 30.5 Å². The van der Waals surface area contributed by atoms with Crippen molar-refractivity contribution in [3.63, 3.8) is 0 Å². The second kappa shape index (κ2) is 7.65. The van der Waals surface area contributed by atoms with Crippen LogP contribution in [0, 0.1) is 6.92 Å². The van der Waals surface area contributed by atoms with Gasteiger partial charge in [-0.05, 0) is 36.5 Å². The van der Waals surface area contributed by atoms with E-state index in [9.17, 15) is 0 Å². The van der Waals surface area contributed by atoms with Crippen LogP contribution in [-0.4, -0.2) is 32.9 Å².